The van der Waals surface area contributed by atoms with E-state index >= 15 is 0 Å². The average molecular weight is 296 g/mol. The Kier molecular flexibility index (Phi) is 6.51. The fourth-order valence-corrected chi connectivity index (χ4v) is 4.63. The zero-order valence-corrected chi connectivity index (χ0v) is 14.9. The smallest absolute Gasteiger partial charge is 0.0217 e. The highest BCUT2D eigenvalue weighted by Gasteiger charge is 2.35. The molecule has 124 valence electrons. The van der Waals surface area contributed by atoms with Crippen LogP contribution >= 0.6 is 0 Å². The van der Waals surface area contributed by atoms with E-state index in [4.69, 9.17) is 0 Å². The third-order valence-corrected chi connectivity index (χ3v) is 5.82. The van der Waals surface area contributed by atoms with Crippen molar-refractivity contribution in [2.24, 2.45) is 17.8 Å². The van der Waals surface area contributed by atoms with E-state index < -0.39 is 0 Å². The number of hydrogen-bond acceptors (Lipinski definition) is 3. The number of likely N-dealkylation sites (tertiary alicyclic amines) is 1. The average Bonchev–Trinajstić information content (AvgIpc) is 2.43. The van der Waals surface area contributed by atoms with Crippen LogP contribution in [0.25, 0.3) is 0 Å². The summed E-state index contributed by atoms with van der Waals surface area (Å²) in [6.07, 6.45) is 5.52. The SMILES string of the molecule is CCNC1CC(C)CC(C)C1CN1CCCC(N(C)C)C1. The molecule has 2 aliphatic rings. The summed E-state index contributed by atoms with van der Waals surface area (Å²) in [7, 11) is 4.47. The summed E-state index contributed by atoms with van der Waals surface area (Å²) < 4.78 is 0. The van der Waals surface area contributed by atoms with Crippen molar-refractivity contribution >= 4 is 0 Å². The van der Waals surface area contributed by atoms with Crippen molar-refractivity contribution in [2.45, 2.75) is 58.5 Å². The molecule has 2 fully saturated rings. The summed E-state index contributed by atoms with van der Waals surface area (Å²) >= 11 is 0. The van der Waals surface area contributed by atoms with Crippen LogP contribution < -0.4 is 5.32 Å². The molecule has 3 nitrogen and oxygen atoms in total. The molecular formula is C18H37N3. The van der Waals surface area contributed by atoms with E-state index in [1.165, 1.54) is 45.3 Å². The molecule has 0 aromatic carbocycles. The first-order chi connectivity index (χ1) is 10.0. The Labute approximate surface area is 132 Å². The van der Waals surface area contributed by atoms with Crippen LogP contribution in [0.2, 0.25) is 0 Å². The zero-order chi connectivity index (χ0) is 15.4. The van der Waals surface area contributed by atoms with Gasteiger partial charge in [0.25, 0.3) is 0 Å². The van der Waals surface area contributed by atoms with E-state index in [1.807, 2.05) is 0 Å². The Balaban J connectivity index is 1.94. The van der Waals surface area contributed by atoms with Gasteiger partial charge in [-0.05, 0) is 70.6 Å². The monoisotopic (exact) mass is 295 g/mol. The number of hydrogen-bond donors (Lipinski definition) is 1. The van der Waals surface area contributed by atoms with E-state index in [2.05, 4.69) is 50.0 Å². The standard InChI is InChI=1S/C18H37N3/c1-6-19-18-11-14(2)10-15(3)17(18)13-21-9-7-8-16(12-21)20(4)5/h14-19H,6-13H2,1-5H3. The number of nitrogens with one attached hydrogen (secondary N) is 1. The second kappa shape index (κ2) is 7.94. The molecular weight excluding hydrogens is 258 g/mol. The van der Waals surface area contributed by atoms with E-state index in [0.717, 1.165) is 36.4 Å². The highest BCUT2D eigenvalue weighted by atomic mass is 15.2. The first kappa shape index (κ1) is 17.2. The number of likely N-dealkylation sites (N-methyl/N-ethyl adjacent to an activating group) is 1. The molecule has 0 amide bonds. The Morgan fingerprint density at radius 3 is 2.62 bits per heavy atom. The van der Waals surface area contributed by atoms with Crippen molar-refractivity contribution in [1.82, 2.24) is 15.1 Å². The minimum Gasteiger partial charge on any atom is -0.314 e. The Morgan fingerprint density at radius 1 is 1.19 bits per heavy atom. The zero-order valence-electron chi connectivity index (χ0n) is 14.9. The van der Waals surface area contributed by atoms with Gasteiger partial charge in [-0.2, -0.15) is 0 Å². The summed E-state index contributed by atoms with van der Waals surface area (Å²) in [5.74, 6) is 2.58. The van der Waals surface area contributed by atoms with Gasteiger partial charge in [0.2, 0.25) is 0 Å². The fraction of sp³-hybridized carbons (Fsp3) is 1.00. The van der Waals surface area contributed by atoms with E-state index in [9.17, 15) is 0 Å². The van der Waals surface area contributed by atoms with Crippen molar-refractivity contribution in [3.05, 3.63) is 0 Å². The normalized spacial score (nSPS) is 38.9. The van der Waals surface area contributed by atoms with Gasteiger partial charge in [-0.15, -0.1) is 0 Å². The molecule has 1 heterocycles. The molecule has 0 bridgehead atoms. The van der Waals surface area contributed by atoms with Crippen LogP contribution in [0.15, 0.2) is 0 Å². The maximum atomic E-state index is 3.78. The van der Waals surface area contributed by atoms with Gasteiger partial charge in [-0.3, -0.25) is 0 Å². The van der Waals surface area contributed by atoms with Gasteiger partial charge in [0.15, 0.2) is 0 Å². The lowest BCUT2D eigenvalue weighted by Gasteiger charge is -2.44. The molecule has 0 aromatic heterocycles. The van der Waals surface area contributed by atoms with Gasteiger partial charge in [-0.25, -0.2) is 0 Å². The molecule has 21 heavy (non-hydrogen) atoms. The lowest BCUT2D eigenvalue weighted by Crippen LogP contribution is -2.52. The van der Waals surface area contributed by atoms with Gasteiger partial charge >= 0.3 is 0 Å². The van der Waals surface area contributed by atoms with Crippen molar-refractivity contribution in [1.29, 1.82) is 0 Å². The molecule has 1 saturated carbocycles. The minimum absolute atomic E-state index is 0.730. The summed E-state index contributed by atoms with van der Waals surface area (Å²) in [6, 6.07) is 1.49. The fourth-order valence-electron chi connectivity index (χ4n) is 4.63. The highest BCUT2D eigenvalue weighted by molar-refractivity contribution is 4.90. The summed E-state index contributed by atoms with van der Waals surface area (Å²) in [5.41, 5.74) is 0. The van der Waals surface area contributed by atoms with Crippen LogP contribution in [0.3, 0.4) is 0 Å². The summed E-state index contributed by atoms with van der Waals surface area (Å²) in [4.78, 5) is 5.16. The lowest BCUT2D eigenvalue weighted by molar-refractivity contribution is 0.0682. The molecule has 3 heteroatoms. The van der Waals surface area contributed by atoms with Gasteiger partial charge < -0.3 is 15.1 Å². The number of piperidine rings is 1. The molecule has 5 unspecified atom stereocenters. The van der Waals surface area contributed by atoms with Crippen molar-refractivity contribution in [3.8, 4) is 0 Å². The summed E-state index contributed by atoms with van der Waals surface area (Å²) in [5, 5.41) is 3.78. The Morgan fingerprint density at radius 2 is 1.95 bits per heavy atom. The van der Waals surface area contributed by atoms with Crippen LogP contribution in [-0.4, -0.2) is 62.2 Å². The van der Waals surface area contributed by atoms with Crippen molar-refractivity contribution in [3.63, 3.8) is 0 Å². The number of rotatable bonds is 5. The predicted molar refractivity (Wildman–Crippen MR) is 91.7 cm³/mol. The van der Waals surface area contributed by atoms with Crippen molar-refractivity contribution in [2.75, 3.05) is 40.3 Å². The lowest BCUT2D eigenvalue weighted by atomic mass is 9.72. The number of nitrogens with zero attached hydrogens (tertiary/aromatic N) is 2. The van der Waals surface area contributed by atoms with E-state index in [1.54, 1.807) is 0 Å². The van der Waals surface area contributed by atoms with Crippen LogP contribution in [0.1, 0.15) is 46.5 Å². The van der Waals surface area contributed by atoms with Crippen LogP contribution in [-0.2, 0) is 0 Å². The van der Waals surface area contributed by atoms with E-state index in [0.29, 0.717) is 0 Å². The molecule has 0 spiro atoms. The van der Waals surface area contributed by atoms with E-state index in [-0.39, 0.29) is 0 Å². The van der Waals surface area contributed by atoms with Crippen LogP contribution in [0.5, 0.6) is 0 Å². The molecule has 0 aromatic rings. The molecule has 1 saturated heterocycles. The van der Waals surface area contributed by atoms with Crippen LogP contribution in [0, 0.1) is 17.8 Å². The molecule has 2 rings (SSSR count). The molecule has 1 N–H and O–H groups in total. The summed E-state index contributed by atoms with van der Waals surface area (Å²) in [6.45, 7) is 12.2. The molecule has 1 aliphatic heterocycles. The largest absolute Gasteiger partial charge is 0.314 e. The maximum Gasteiger partial charge on any atom is 0.0217 e. The first-order valence-electron chi connectivity index (χ1n) is 9.13. The third-order valence-electron chi connectivity index (χ3n) is 5.82. The Hall–Kier alpha value is -0.120. The predicted octanol–water partition coefficient (Wildman–Crippen LogP) is 2.67. The van der Waals surface area contributed by atoms with Gasteiger partial charge in [0.05, 0.1) is 0 Å². The minimum atomic E-state index is 0.730. The molecule has 1 aliphatic carbocycles. The first-order valence-corrected chi connectivity index (χ1v) is 9.13. The van der Waals surface area contributed by atoms with Gasteiger partial charge in [-0.1, -0.05) is 20.8 Å². The quantitative estimate of drug-likeness (QED) is 0.841. The second-order valence-electron chi connectivity index (χ2n) is 7.90. The maximum absolute atomic E-state index is 3.78. The third kappa shape index (κ3) is 4.67. The molecule has 0 radical (unpaired) electrons. The second-order valence-corrected chi connectivity index (χ2v) is 7.90. The molecule has 5 atom stereocenters. The Bertz CT molecular complexity index is 305. The van der Waals surface area contributed by atoms with Crippen LogP contribution in [0.4, 0.5) is 0 Å². The van der Waals surface area contributed by atoms with Crippen molar-refractivity contribution < 1.29 is 0 Å². The highest BCUT2D eigenvalue weighted by Crippen LogP contribution is 2.34. The topological polar surface area (TPSA) is 18.5 Å². The van der Waals surface area contributed by atoms with Gasteiger partial charge in [0, 0.05) is 25.2 Å². The van der Waals surface area contributed by atoms with Gasteiger partial charge in [0.1, 0.15) is 0 Å².